The van der Waals surface area contributed by atoms with Gasteiger partial charge in [-0.15, -0.1) is 0 Å². The molecule has 2 heterocycles. The number of aromatic nitrogens is 5. The lowest BCUT2D eigenvalue weighted by Gasteiger charge is -2.20. The molecule has 9 nitrogen and oxygen atoms in total. The van der Waals surface area contributed by atoms with E-state index in [0.717, 1.165) is 22.0 Å². The van der Waals surface area contributed by atoms with Crippen LogP contribution in [-0.2, 0) is 0 Å². The minimum atomic E-state index is -0.493. The molecule has 0 aliphatic carbocycles. The number of para-hydroxylation sites is 1. The highest BCUT2D eigenvalue weighted by Crippen LogP contribution is 2.21. The molecule has 0 saturated carbocycles. The molecule has 0 aliphatic heterocycles. The lowest BCUT2D eigenvalue weighted by atomic mass is 10.0. The predicted octanol–water partition coefficient (Wildman–Crippen LogP) is 3.04. The second kappa shape index (κ2) is 9.37. The van der Waals surface area contributed by atoms with E-state index in [4.69, 9.17) is 0 Å². The minimum absolute atomic E-state index is 0.162. The molecule has 168 valence electrons. The fourth-order valence-electron chi connectivity index (χ4n) is 3.76. The Balaban J connectivity index is 1.42. The SMILES string of the molecule is O=C(NCC(NC(=O)c1cncn1-c1ccccc1)c1ccc2ccccc2c1)c1cn[nH]n1. The molecule has 3 N–H and O–H groups in total. The fourth-order valence-corrected chi connectivity index (χ4v) is 3.76. The summed E-state index contributed by atoms with van der Waals surface area (Å²) in [5.74, 6) is -0.696. The van der Waals surface area contributed by atoms with Gasteiger partial charge in [0.25, 0.3) is 11.8 Å². The predicted molar refractivity (Wildman–Crippen MR) is 126 cm³/mol. The molecule has 3 aromatic carbocycles. The van der Waals surface area contributed by atoms with Gasteiger partial charge in [0, 0.05) is 12.2 Å². The topological polar surface area (TPSA) is 118 Å². The summed E-state index contributed by atoms with van der Waals surface area (Å²) >= 11 is 0. The smallest absolute Gasteiger partial charge is 0.273 e. The van der Waals surface area contributed by atoms with Crippen molar-refractivity contribution in [3.8, 4) is 5.69 Å². The molecular weight excluding hydrogens is 430 g/mol. The zero-order valence-electron chi connectivity index (χ0n) is 18.1. The number of aromatic amines is 1. The van der Waals surface area contributed by atoms with E-state index >= 15 is 0 Å². The van der Waals surface area contributed by atoms with Gasteiger partial charge in [-0.25, -0.2) is 4.98 Å². The Morgan fingerprint density at radius 1 is 0.912 bits per heavy atom. The number of fused-ring (bicyclic) bond motifs is 1. The summed E-state index contributed by atoms with van der Waals surface area (Å²) in [4.78, 5) is 29.9. The van der Waals surface area contributed by atoms with Crippen LogP contribution < -0.4 is 10.6 Å². The Bertz CT molecular complexity index is 1430. The van der Waals surface area contributed by atoms with E-state index in [-0.39, 0.29) is 24.1 Å². The number of carbonyl (C=O) groups is 2. The number of nitrogens with one attached hydrogen (secondary N) is 3. The molecule has 0 radical (unpaired) electrons. The van der Waals surface area contributed by atoms with Gasteiger partial charge in [-0.1, -0.05) is 54.6 Å². The normalized spacial score (nSPS) is 11.8. The molecule has 0 spiro atoms. The highest BCUT2D eigenvalue weighted by atomic mass is 16.2. The van der Waals surface area contributed by atoms with Gasteiger partial charge in [0.1, 0.15) is 5.69 Å². The second-order valence-corrected chi connectivity index (χ2v) is 7.68. The molecule has 1 unspecified atom stereocenters. The van der Waals surface area contributed by atoms with E-state index in [2.05, 4.69) is 31.0 Å². The van der Waals surface area contributed by atoms with E-state index in [0.29, 0.717) is 5.69 Å². The Kier molecular flexibility index (Phi) is 5.81. The summed E-state index contributed by atoms with van der Waals surface area (Å²) in [6.45, 7) is 0.162. The molecule has 0 fully saturated rings. The van der Waals surface area contributed by atoms with Crippen molar-refractivity contribution in [2.75, 3.05) is 6.54 Å². The molecule has 5 rings (SSSR count). The quantitative estimate of drug-likeness (QED) is 0.352. The van der Waals surface area contributed by atoms with Crippen LogP contribution in [0.5, 0.6) is 0 Å². The second-order valence-electron chi connectivity index (χ2n) is 7.68. The molecule has 5 aromatic rings. The molecule has 0 bridgehead atoms. The lowest BCUT2D eigenvalue weighted by Crippen LogP contribution is -2.38. The van der Waals surface area contributed by atoms with E-state index in [9.17, 15) is 9.59 Å². The van der Waals surface area contributed by atoms with Crippen LogP contribution in [0.2, 0.25) is 0 Å². The van der Waals surface area contributed by atoms with Crippen LogP contribution in [0.25, 0.3) is 16.5 Å². The van der Waals surface area contributed by atoms with Gasteiger partial charge in [-0.3, -0.25) is 14.2 Å². The van der Waals surface area contributed by atoms with Crippen LogP contribution in [0.4, 0.5) is 0 Å². The lowest BCUT2D eigenvalue weighted by molar-refractivity contribution is 0.0902. The number of imidazole rings is 1. The van der Waals surface area contributed by atoms with E-state index in [1.807, 2.05) is 72.8 Å². The van der Waals surface area contributed by atoms with E-state index in [1.54, 1.807) is 10.9 Å². The first-order valence-electron chi connectivity index (χ1n) is 10.7. The summed E-state index contributed by atoms with van der Waals surface area (Å²) < 4.78 is 1.72. The molecule has 1 atom stereocenters. The van der Waals surface area contributed by atoms with Crippen LogP contribution in [0.3, 0.4) is 0 Å². The van der Waals surface area contributed by atoms with Crippen LogP contribution in [0.15, 0.2) is 91.5 Å². The third-order valence-corrected chi connectivity index (χ3v) is 5.50. The third-order valence-electron chi connectivity index (χ3n) is 5.50. The van der Waals surface area contributed by atoms with E-state index < -0.39 is 6.04 Å². The first kappa shape index (κ1) is 21.1. The Labute approximate surface area is 194 Å². The number of benzene rings is 3. The van der Waals surface area contributed by atoms with Crippen LogP contribution >= 0.6 is 0 Å². The summed E-state index contributed by atoms with van der Waals surface area (Å²) in [5.41, 5.74) is 2.25. The van der Waals surface area contributed by atoms with Crippen molar-refractivity contribution in [2.45, 2.75) is 6.04 Å². The van der Waals surface area contributed by atoms with Gasteiger partial charge in [-0.2, -0.15) is 15.4 Å². The molecule has 2 aromatic heterocycles. The Morgan fingerprint density at radius 3 is 2.50 bits per heavy atom. The number of amides is 2. The van der Waals surface area contributed by atoms with Gasteiger partial charge < -0.3 is 10.6 Å². The third kappa shape index (κ3) is 4.40. The number of rotatable bonds is 7. The maximum Gasteiger partial charge on any atom is 0.273 e. The molecule has 9 heteroatoms. The highest BCUT2D eigenvalue weighted by molar-refractivity contribution is 5.94. The Morgan fingerprint density at radius 2 is 1.71 bits per heavy atom. The zero-order chi connectivity index (χ0) is 23.3. The summed E-state index contributed by atoms with van der Waals surface area (Å²) in [5, 5.41) is 17.9. The summed E-state index contributed by atoms with van der Waals surface area (Å²) in [7, 11) is 0. The van der Waals surface area contributed by atoms with Gasteiger partial charge in [-0.05, 0) is 34.5 Å². The van der Waals surface area contributed by atoms with Crippen LogP contribution in [-0.4, -0.2) is 43.3 Å². The van der Waals surface area contributed by atoms with Crippen molar-refractivity contribution < 1.29 is 9.59 Å². The molecule has 34 heavy (non-hydrogen) atoms. The summed E-state index contributed by atoms with van der Waals surface area (Å²) in [6.07, 6.45) is 4.47. The number of H-pyrrole nitrogens is 1. The fraction of sp³-hybridized carbons (Fsp3) is 0.0800. The van der Waals surface area contributed by atoms with Gasteiger partial charge in [0.05, 0.1) is 24.8 Å². The number of hydrogen-bond donors (Lipinski definition) is 3. The number of carbonyl (C=O) groups excluding carboxylic acids is 2. The average molecular weight is 451 g/mol. The van der Waals surface area contributed by atoms with Crippen molar-refractivity contribution >= 4 is 22.6 Å². The van der Waals surface area contributed by atoms with Crippen molar-refractivity contribution in [3.63, 3.8) is 0 Å². The largest absolute Gasteiger partial charge is 0.348 e. The van der Waals surface area contributed by atoms with Gasteiger partial charge >= 0.3 is 0 Å². The van der Waals surface area contributed by atoms with E-state index in [1.165, 1.54) is 12.4 Å². The first-order valence-corrected chi connectivity index (χ1v) is 10.7. The summed E-state index contributed by atoms with van der Waals surface area (Å²) in [6, 6.07) is 22.9. The van der Waals surface area contributed by atoms with Crippen molar-refractivity contribution in [1.29, 1.82) is 0 Å². The molecule has 0 saturated heterocycles. The van der Waals surface area contributed by atoms with Crippen LogP contribution in [0, 0.1) is 0 Å². The maximum atomic E-state index is 13.3. The minimum Gasteiger partial charge on any atom is -0.348 e. The maximum absolute atomic E-state index is 13.3. The number of nitrogens with zero attached hydrogens (tertiary/aromatic N) is 4. The Hall–Kier alpha value is -4.79. The number of hydrogen-bond acceptors (Lipinski definition) is 5. The zero-order valence-corrected chi connectivity index (χ0v) is 18.1. The van der Waals surface area contributed by atoms with Crippen molar-refractivity contribution in [2.24, 2.45) is 0 Å². The van der Waals surface area contributed by atoms with Crippen LogP contribution in [0.1, 0.15) is 32.6 Å². The average Bonchev–Trinajstić information content (AvgIpc) is 3.59. The molecule has 0 aliphatic rings. The standard InChI is InChI=1S/C25H21N7O2/c33-24(22-14-28-31-30-22)27-13-21(19-11-10-17-6-4-5-7-18(17)12-19)29-25(34)23-15-26-16-32(23)20-8-2-1-3-9-20/h1-12,14-16,21H,13H2,(H,27,33)(H,29,34)(H,28,30,31). The highest BCUT2D eigenvalue weighted by Gasteiger charge is 2.21. The molecule has 2 amide bonds. The monoisotopic (exact) mass is 451 g/mol. The van der Waals surface area contributed by atoms with Crippen molar-refractivity contribution in [1.82, 2.24) is 35.6 Å². The first-order chi connectivity index (χ1) is 16.7. The van der Waals surface area contributed by atoms with Gasteiger partial charge in [0.15, 0.2) is 5.69 Å². The van der Waals surface area contributed by atoms with Crippen molar-refractivity contribution in [3.05, 3.63) is 108 Å². The van der Waals surface area contributed by atoms with Gasteiger partial charge in [0.2, 0.25) is 0 Å². The molecular formula is C25H21N7O2.